The summed E-state index contributed by atoms with van der Waals surface area (Å²) >= 11 is 0. The standard InChI is InChI=1S/C28H37N7O4/c1-28(2)15-19-13-22(33-27(37)21(16-29)26-30-6-4-7-31-26)23(14-24(19)39-28)35-10-8-34(9-11-35)18-25(36)32-17-20-5-3-12-38-20/h4,6-7,13-14,16,20,29-30H,3,5,8-12,15,17-18H2,1-2H3,(H,32,36)(H,33,37)/b26-21-,29-16?. The maximum Gasteiger partial charge on any atom is 0.261 e. The van der Waals surface area contributed by atoms with Crippen molar-refractivity contribution in [3.05, 3.63) is 41.4 Å². The van der Waals surface area contributed by atoms with Crippen molar-refractivity contribution in [2.45, 2.75) is 44.8 Å². The average molecular weight is 536 g/mol. The van der Waals surface area contributed by atoms with Crippen molar-refractivity contribution in [3.8, 4) is 5.75 Å². The van der Waals surface area contributed by atoms with Gasteiger partial charge in [-0.2, -0.15) is 0 Å². The second-order valence-corrected chi connectivity index (χ2v) is 10.9. The van der Waals surface area contributed by atoms with E-state index in [2.05, 4.69) is 30.7 Å². The van der Waals surface area contributed by atoms with E-state index in [-0.39, 0.29) is 23.2 Å². The highest BCUT2D eigenvalue weighted by atomic mass is 16.5. The smallest absolute Gasteiger partial charge is 0.261 e. The van der Waals surface area contributed by atoms with Crippen LogP contribution in [0.5, 0.6) is 5.75 Å². The van der Waals surface area contributed by atoms with Crippen LogP contribution in [-0.4, -0.2) is 86.7 Å². The Morgan fingerprint density at radius 1 is 1.26 bits per heavy atom. The molecule has 4 aliphatic rings. The fourth-order valence-corrected chi connectivity index (χ4v) is 5.34. The number of ether oxygens (including phenoxy) is 2. The number of carbonyl (C=O) groups excluding carboxylic acids is 2. The summed E-state index contributed by atoms with van der Waals surface area (Å²) in [4.78, 5) is 34.3. The van der Waals surface area contributed by atoms with E-state index in [1.807, 2.05) is 26.0 Å². The Hall–Kier alpha value is -3.70. The van der Waals surface area contributed by atoms with Crippen molar-refractivity contribution in [2.75, 3.05) is 56.1 Å². The summed E-state index contributed by atoms with van der Waals surface area (Å²) in [7, 11) is 0. The van der Waals surface area contributed by atoms with E-state index in [1.54, 1.807) is 18.5 Å². The SMILES string of the molecule is CC1(C)Cc2cc(NC(=O)/C(C=N)=C3\N=CC=CN3)c(N3CCN(CC(=O)NCC4CCCO4)CC3)cc2O1. The van der Waals surface area contributed by atoms with Crippen molar-refractivity contribution < 1.29 is 19.1 Å². The summed E-state index contributed by atoms with van der Waals surface area (Å²) < 4.78 is 11.8. The highest BCUT2D eigenvalue weighted by molar-refractivity contribution is 6.18. The lowest BCUT2D eigenvalue weighted by atomic mass is 10.0. The second kappa shape index (κ2) is 11.6. The molecule has 4 aliphatic heterocycles. The van der Waals surface area contributed by atoms with Gasteiger partial charge in [-0.15, -0.1) is 0 Å². The summed E-state index contributed by atoms with van der Waals surface area (Å²) in [5, 5.41) is 16.8. The van der Waals surface area contributed by atoms with Crippen molar-refractivity contribution in [1.82, 2.24) is 15.5 Å². The zero-order valence-electron chi connectivity index (χ0n) is 22.6. The number of amides is 2. The number of fused-ring (bicyclic) bond motifs is 1. The fraction of sp³-hybridized carbons (Fsp3) is 0.500. The number of benzene rings is 1. The van der Waals surface area contributed by atoms with Gasteiger partial charge in [-0.25, -0.2) is 4.99 Å². The highest BCUT2D eigenvalue weighted by Gasteiger charge is 2.33. The molecule has 1 aromatic carbocycles. The lowest BCUT2D eigenvalue weighted by Gasteiger charge is -2.36. The zero-order valence-corrected chi connectivity index (χ0v) is 22.6. The van der Waals surface area contributed by atoms with Crippen molar-refractivity contribution in [3.63, 3.8) is 0 Å². The first kappa shape index (κ1) is 26.9. The molecule has 1 aromatic rings. The molecular formula is C28H37N7O4. The van der Waals surface area contributed by atoms with Gasteiger partial charge >= 0.3 is 0 Å². The normalized spacial score (nSPS) is 23.0. The van der Waals surface area contributed by atoms with Crippen molar-refractivity contribution >= 4 is 35.6 Å². The quantitative estimate of drug-likeness (QED) is 0.295. The van der Waals surface area contributed by atoms with Crippen LogP contribution in [0.2, 0.25) is 0 Å². The first-order valence-electron chi connectivity index (χ1n) is 13.5. The first-order chi connectivity index (χ1) is 18.8. The Bertz CT molecular complexity index is 1210. The number of hydrogen-bond donors (Lipinski definition) is 4. The van der Waals surface area contributed by atoms with E-state index in [0.29, 0.717) is 50.8 Å². The number of nitrogens with one attached hydrogen (secondary N) is 4. The first-order valence-corrected chi connectivity index (χ1v) is 13.5. The van der Waals surface area contributed by atoms with Gasteiger partial charge in [-0.05, 0) is 38.8 Å². The van der Waals surface area contributed by atoms with Gasteiger partial charge in [0.2, 0.25) is 5.91 Å². The molecule has 11 heteroatoms. The lowest BCUT2D eigenvalue weighted by molar-refractivity contribution is -0.122. The number of hydrogen-bond acceptors (Lipinski definition) is 9. The Kier molecular flexibility index (Phi) is 7.99. The van der Waals surface area contributed by atoms with Gasteiger partial charge in [0.1, 0.15) is 17.2 Å². The maximum atomic E-state index is 13.3. The third-order valence-electron chi connectivity index (χ3n) is 7.31. The molecule has 0 spiro atoms. The van der Waals surface area contributed by atoms with Crippen molar-refractivity contribution in [2.24, 2.45) is 4.99 Å². The minimum absolute atomic E-state index is 0.0149. The molecule has 0 aliphatic carbocycles. The topological polar surface area (TPSA) is 131 Å². The maximum absolute atomic E-state index is 13.3. The number of allylic oxidation sites excluding steroid dienone is 1. The zero-order chi connectivity index (χ0) is 27.4. The Balaban J connectivity index is 1.28. The van der Waals surface area contributed by atoms with Crippen LogP contribution in [0, 0.1) is 5.41 Å². The summed E-state index contributed by atoms with van der Waals surface area (Å²) in [5.41, 5.74) is 2.36. The minimum Gasteiger partial charge on any atom is -0.487 e. The molecule has 0 radical (unpaired) electrons. The number of aliphatic imine (C=N–C) groups is 1. The molecule has 4 heterocycles. The highest BCUT2D eigenvalue weighted by Crippen LogP contribution is 2.42. The Morgan fingerprint density at radius 2 is 2.08 bits per heavy atom. The molecule has 39 heavy (non-hydrogen) atoms. The summed E-state index contributed by atoms with van der Waals surface area (Å²) in [6, 6.07) is 3.98. The molecule has 2 fully saturated rings. The number of piperazine rings is 1. The van der Waals surface area contributed by atoms with Gasteiger partial charge in [0.15, 0.2) is 0 Å². The summed E-state index contributed by atoms with van der Waals surface area (Å²) in [5.74, 6) is 0.740. The molecule has 208 valence electrons. The lowest BCUT2D eigenvalue weighted by Crippen LogP contribution is -2.50. The molecule has 1 unspecified atom stereocenters. The van der Waals surface area contributed by atoms with E-state index >= 15 is 0 Å². The third-order valence-corrected chi connectivity index (χ3v) is 7.31. The number of rotatable bonds is 8. The van der Waals surface area contributed by atoms with Gasteiger partial charge in [0.25, 0.3) is 5.91 Å². The van der Waals surface area contributed by atoms with E-state index in [9.17, 15) is 9.59 Å². The monoisotopic (exact) mass is 535 g/mol. The Morgan fingerprint density at radius 3 is 2.77 bits per heavy atom. The molecule has 11 nitrogen and oxygen atoms in total. The van der Waals surface area contributed by atoms with E-state index in [4.69, 9.17) is 14.9 Å². The van der Waals surface area contributed by atoms with Crippen LogP contribution in [-0.2, 0) is 20.7 Å². The molecule has 4 N–H and O–H groups in total. The van der Waals surface area contributed by atoms with Gasteiger partial charge in [0, 0.05) is 76.0 Å². The van der Waals surface area contributed by atoms with Crippen molar-refractivity contribution in [1.29, 1.82) is 5.41 Å². The molecule has 1 atom stereocenters. The van der Waals surface area contributed by atoms with Gasteiger partial charge in [-0.3, -0.25) is 14.5 Å². The van der Waals surface area contributed by atoms with Gasteiger partial charge < -0.3 is 35.7 Å². The fourth-order valence-electron chi connectivity index (χ4n) is 5.34. The van der Waals surface area contributed by atoms with Crippen LogP contribution in [0.1, 0.15) is 32.3 Å². The number of nitrogens with zero attached hydrogens (tertiary/aromatic N) is 3. The number of anilines is 2. The van der Waals surface area contributed by atoms with Crippen LogP contribution in [0.4, 0.5) is 11.4 Å². The average Bonchev–Trinajstić information content (AvgIpc) is 3.54. The van der Waals surface area contributed by atoms with E-state index < -0.39 is 5.91 Å². The van der Waals surface area contributed by atoms with E-state index in [1.165, 1.54) is 0 Å². The van der Waals surface area contributed by atoms with Gasteiger partial charge in [-0.1, -0.05) is 0 Å². The molecule has 0 saturated carbocycles. The summed E-state index contributed by atoms with van der Waals surface area (Å²) in [6.07, 6.45) is 8.89. The molecule has 2 amide bonds. The molecule has 0 aromatic heterocycles. The van der Waals surface area contributed by atoms with Crippen LogP contribution in [0.3, 0.4) is 0 Å². The van der Waals surface area contributed by atoms with Crippen LogP contribution in [0.25, 0.3) is 0 Å². The van der Waals surface area contributed by atoms with Crippen LogP contribution < -0.4 is 25.6 Å². The molecular weight excluding hydrogens is 498 g/mol. The third kappa shape index (κ3) is 6.48. The van der Waals surface area contributed by atoms with Gasteiger partial charge in [0.05, 0.1) is 29.6 Å². The summed E-state index contributed by atoms with van der Waals surface area (Å²) in [6.45, 7) is 8.60. The number of carbonyl (C=O) groups is 2. The largest absolute Gasteiger partial charge is 0.487 e. The van der Waals surface area contributed by atoms with E-state index in [0.717, 1.165) is 49.1 Å². The predicted molar refractivity (Wildman–Crippen MR) is 151 cm³/mol. The minimum atomic E-state index is -0.416. The predicted octanol–water partition coefficient (Wildman–Crippen LogP) is 1.80. The Labute approximate surface area is 228 Å². The van der Waals surface area contributed by atoms with Crippen LogP contribution >= 0.6 is 0 Å². The van der Waals surface area contributed by atoms with Crippen LogP contribution in [0.15, 0.2) is 40.8 Å². The molecule has 0 bridgehead atoms. The second-order valence-electron chi connectivity index (χ2n) is 10.9. The molecule has 2 saturated heterocycles. The molecule has 5 rings (SSSR count).